The number of hydrogen-bond donors (Lipinski definition) is 1. The minimum absolute atomic E-state index is 0.246. The first-order valence-corrected chi connectivity index (χ1v) is 12.0. The number of furan rings is 1. The number of fused-ring (bicyclic) bond motifs is 2. The number of anilines is 1. The van der Waals surface area contributed by atoms with Gasteiger partial charge >= 0.3 is 0 Å². The van der Waals surface area contributed by atoms with Gasteiger partial charge in [-0.1, -0.05) is 35.6 Å². The normalized spacial score (nSPS) is 11.7. The summed E-state index contributed by atoms with van der Waals surface area (Å²) in [7, 11) is 1.65. The number of benzene rings is 3. The molecule has 0 bridgehead atoms. The fourth-order valence-electron chi connectivity index (χ4n) is 3.99. The van der Waals surface area contributed by atoms with Gasteiger partial charge in [0, 0.05) is 28.7 Å². The van der Waals surface area contributed by atoms with Crippen LogP contribution in [0.5, 0.6) is 11.5 Å². The highest BCUT2D eigenvalue weighted by molar-refractivity contribution is 7.22. The molecule has 0 aliphatic rings. The number of methoxy groups -OCH3 is 1. The van der Waals surface area contributed by atoms with Crippen molar-refractivity contribution in [3.63, 3.8) is 0 Å². The van der Waals surface area contributed by atoms with E-state index < -0.39 is 0 Å². The van der Waals surface area contributed by atoms with E-state index in [1.807, 2.05) is 74.5 Å². The van der Waals surface area contributed by atoms with Crippen LogP contribution in [-0.4, -0.2) is 24.6 Å². The zero-order valence-electron chi connectivity index (χ0n) is 19.6. The molecule has 1 amide bonds. The summed E-state index contributed by atoms with van der Waals surface area (Å²) in [5.74, 6) is 1.18. The Morgan fingerprint density at radius 1 is 1.14 bits per heavy atom. The molecule has 7 heteroatoms. The van der Waals surface area contributed by atoms with Crippen molar-refractivity contribution < 1.29 is 18.7 Å². The van der Waals surface area contributed by atoms with Crippen LogP contribution in [0.1, 0.15) is 19.4 Å². The smallest absolute Gasteiger partial charge is 0.250 e. The Kier molecular flexibility index (Phi) is 6.25. The van der Waals surface area contributed by atoms with Gasteiger partial charge in [-0.15, -0.1) is 0 Å². The molecule has 2 aromatic heterocycles. The van der Waals surface area contributed by atoms with E-state index >= 15 is 0 Å². The number of carbonyl (C=O) groups excluding carboxylic acids is 1. The Morgan fingerprint density at radius 2 is 2.00 bits per heavy atom. The number of nitrogens with zero attached hydrogens (tertiary/aromatic N) is 1. The molecule has 3 aromatic carbocycles. The zero-order valence-corrected chi connectivity index (χ0v) is 20.4. The third-order valence-corrected chi connectivity index (χ3v) is 6.60. The Bertz CT molecular complexity index is 1530. The molecule has 35 heavy (non-hydrogen) atoms. The molecule has 0 spiro atoms. The topological polar surface area (TPSA) is 73.6 Å². The van der Waals surface area contributed by atoms with Crippen LogP contribution in [0.15, 0.2) is 77.4 Å². The molecule has 0 fully saturated rings. The first-order valence-electron chi connectivity index (χ1n) is 11.2. The molecule has 2 heterocycles. The van der Waals surface area contributed by atoms with Gasteiger partial charge in [-0.2, -0.15) is 0 Å². The maximum atomic E-state index is 12.8. The Labute approximate surface area is 206 Å². The predicted octanol–water partition coefficient (Wildman–Crippen LogP) is 7.16. The van der Waals surface area contributed by atoms with Crippen LogP contribution in [0.25, 0.3) is 37.9 Å². The molecule has 0 aliphatic heterocycles. The van der Waals surface area contributed by atoms with Crippen molar-refractivity contribution in [1.82, 2.24) is 4.98 Å². The van der Waals surface area contributed by atoms with E-state index in [0.717, 1.165) is 43.6 Å². The average molecular weight is 485 g/mol. The molecule has 0 atom stereocenters. The molecule has 0 saturated heterocycles. The first-order chi connectivity index (χ1) is 17.1. The number of hydrogen-bond acceptors (Lipinski definition) is 6. The Balaban J connectivity index is 1.50. The average Bonchev–Trinajstić information content (AvgIpc) is 3.46. The van der Waals surface area contributed by atoms with Crippen LogP contribution in [0.3, 0.4) is 0 Å². The van der Waals surface area contributed by atoms with Crippen molar-refractivity contribution in [2.24, 2.45) is 0 Å². The van der Waals surface area contributed by atoms with E-state index in [9.17, 15) is 4.79 Å². The number of ether oxygens (including phenoxy) is 2. The van der Waals surface area contributed by atoms with Gasteiger partial charge in [0.15, 0.2) is 5.13 Å². The van der Waals surface area contributed by atoms with Crippen molar-refractivity contribution in [2.45, 2.75) is 13.8 Å². The van der Waals surface area contributed by atoms with E-state index in [0.29, 0.717) is 23.1 Å². The second-order valence-corrected chi connectivity index (χ2v) is 8.99. The van der Waals surface area contributed by atoms with Gasteiger partial charge in [0.25, 0.3) is 0 Å². The number of rotatable bonds is 7. The molecule has 0 radical (unpaired) electrons. The molecule has 1 N–H and O–H groups in total. The van der Waals surface area contributed by atoms with Crippen LogP contribution in [0.4, 0.5) is 5.13 Å². The highest BCUT2D eigenvalue weighted by Crippen LogP contribution is 2.38. The number of allylic oxidation sites excluding steroid dienone is 1. The number of thiazole rings is 1. The minimum Gasteiger partial charge on any atom is -0.497 e. The summed E-state index contributed by atoms with van der Waals surface area (Å²) in [5, 5.41) is 4.38. The highest BCUT2D eigenvalue weighted by Gasteiger charge is 2.16. The number of para-hydroxylation sites is 1. The van der Waals surface area contributed by atoms with Crippen molar-refractivity contribution in [3.05, 3.63) is 78.6 Å². The molecule has 6 nitrogen and oxygen atoms in total. The first kappa shape index (κ1) is 22.7. The fourth-order valence-corrected chi connectivity index (χ4v) is 4.86. The summed E-state index contributed by atoms with van der Waals surface area (Å²) in [6.45, 7) is 4.32. The van der Waals surface area contributed by atoms with Crippen LogP contribution in [0, 0.1) is 0 Å². The summed E-state index contributed by atoms with van der Waals surface area (Å²) in [6.07, 6.45) is 3.30. The largest absolute Gasteiger partial charge is 0.497 e. The van der Waals surface area contributed by atoms with Gasteiger partial charge in [0.05, 0.1) is 30.2 Å². The zero-order chi connectivity index (χ0) is 24.4. The summed E-state index contributed by atoms with van der Waals surface area (Å²) < 4.78 is 18.2. The van der Waals surface area contributed by atoms with E-state index in [1.54, 1.807) is 19.4 Å². The molecule has 0 aliphatic carbocycles. The van der Waals surface area contributed by atoms with E-state index in [1.165, 1.54) is 11.3 Å². The number of aromatic nitrogens is 1. The summed E-state index contributed by atoms with van der Waals surface area (Å²) in [6, 6.07) is 19.5. The summed E-state index contributed by atoms with van der Waals surface area (Å²) >= 11 is 1.45. The number of amides is 1. The molecule has 5 aromatic rings. The molecule has 0 unspecified atom stereocenters. The van der Waals surface area contributed by atoms with Crippen molar-refractivity contribution in [1.29, 1.82) is 0 Å². The molecule has 0 saturated carbocycles. The van der Waals surface area contributed by atoms with Gasteiger partial charge in [-0.3, -0.25) is 10.1 Å². The Morgan fingerprint density at radius 3 is 2.80 bits per heavy atom. The standard InChI is InChI=1S/C28H24N2O4S/c1-4-33-24-15-25-21(22(16-34-25)18-8-7-9-19(13-18)32-3)14-20(24)17(2)12-27(31)30-28-29-23-10-5-6-11-26(23)35-28/h5-16H,4H2,1-3H3,(H,29,30,31)/b17-12+. The van der Waals surface area contributed by atoms with E-state index in [4.69, 9.17) is 13.9 Å². The maximum Gasteiger partial charge on any atom is 0.250 e. The van der Waals surface area contributed by atoms with Crippen molar-refractivity contribution in [3.8, 4) is 22.6 Å². The second kappa shape index (κ2) is 9.64. The number of carbonyl (C=O) groups is 1. The molecular formula is C28H24N2O4S. The van der Waals surface area contributed by atoms with Gasteiger partial charge in [-0.25, -0.2) is 4.98 Å². The molecule has 176 valence electrons. The van der Waals surface area contributed by atoms with Gasteiger partial charge < -0.3 is 13.9 Å². The maximum absolute atomic E-state index is 12.8. The lowest BCUT2D eigenvalue weighted by Gasteiger charge is -2.12. The van der Waals surface area contributed by atoms with Crippen molar-refractivity contribution in [2.75, 3.05) is 19.0 Å². The van der Waals surface area contributed by atoms with Crippen LogP contribution < -0.4 is 14.8 Å². The SMILES string of the molecule is CCOc1cc2occ(-c3cccc(OC)c3)c2cc1/C(C)=C/C(=O)Nc1nc2ccccc2s1. The van der Waals surface area contributed by atoms with Gasteiger partial charge in [0.2, 0.25) is 5.91 Å². The molecule has 5 rings (SSSR count). The number of nitrogens with one attached hydrogen (secondary N) is 1. The van der Waals surface area contributed by atoms with Crippen LogP contribution in [0.2, 0.25) is 0 Å². The van der Waals surface area contributed by atoms with Crippen LogP contribution in [-0.2, 0) is 4.79 Å². The summed E-state index contributed by atoms with van der Waals surface area (Å²) in [5.41, 5.74) is 5.09. The van der Waals surface area contributed by atoms with Gasteiger partial charge in [-0.05, 0) is 55.3 Å². The fraction of sp³-hybridized carbons (Fsp3) is 0.143. The Hall–Kier alpha value is -4.10. The third-order valence-electron chi connectivity index (χ3n) is 5.65. The quantitative estimate of drug-likeness (QED) is 0.248. The summed E-state index contributed by atoms with van der Waals surface area (Å²) in [4.78, 5) is 17.3. The predicted molar refractivity (Wildman–Crippen MR) is 141 cm³/mol. The lowest BCUT2D eigenvalue weighted by Crippen LogP contribution is -2.08. The lowest BCUT2D eigenvalue weighted by atomic mass is 9.99. The van der Waals surface area contributed by atoms with Crippen molar-refractivity contribution >= 4 is 49.1 Å². The van der Waals surface area contributed by atoms with E-state index in [2.05, 4.69) is 10.3 Å². The third kappa shape index (κ3) is 4.63. The minimum atomic E-state index is -0.246. The molecular weight excluding hydrogens is 460 g/mol. The lowest BCUT2D eigenvalue weighted by molar-refractivity contribution is -0.111. The van der Waals surface area contributed by atoms with E-state index in [-0.39, 0.29) is 5.91 Å². The van der Waals surface area contributed by atoms with Crippen LogP contribution >= 0.6 is 11.3 Å². The monoisotopic (exact) mass is 484 g/mol. The highest BCUT2D eigenvalue weighted by atomic mass is 32.1. The second-order valence-electron chi connectivity index (χ2n) is 7.96. The van der Waals surface area contributed by atoms with Gasteiger partial charge in [0.1, 0.15) is 17.1 Å².